The SMILES string of the molecule is Cc1cc(C)cc(NC(N)=NCC(c2ccc(C)s2)N2CCOCC2)c1. The maximum Gasteiger partial charge on any atom is 0.193 e. The third-order valence-electron chi connectivity index (χ3n) is 4.50. The average molecular weight is 373 g/mol. The molecule has 2 heterocycles. The molecule has 1 unspecified atom stereocenters. The summed E-state index contributed by atoms with van der Waals surface area (Å²) in [4.78, 5) is 9.76. The van der Waals surface area contributed by atoms with Crippen molar-refractivity contribution < 1.29 is 4.74 Å². The van der Waals surface area contributed by atoms with Crippen LogP contribution in [0.1, 0.15) is 26.9 Å². The number of hydrogen-bond acceptors (Lipinski definition) is 4. The number of ether oxygens (including phenoxy) is 1. The molecule has 3 N–H and O–H groups in total. The van der Waals surface area contributed by atoms with Crippen molar-refractivity contribution in [2.24, 2.45) is 10.7 Å². The predicted molar refractivity (Wildman–Crippen MR) is 110 cm³/mol. The smallest absolute Gasteiger partial charge is 0.193 e. The van der Waals surface area contributed by atoms with Gasteiger partial charge < -0.3 is 15.8 Å². The molecule has 0 spiro atoms. The Bertz CT molecular complexity index is 745. The lowest BCUT2D eigenvalue weighted by atomic mass is 10.1. The monoisotopic (exact) mass is 372 g/mol. The summed E-state index contributed by atoms with van der Waals surface area (Å²) >= 11 is 1.84. The molecular formula is C20H28N4OS. The van der Waals surface area contributed by atoms with E-state index in [0.29, 0.717) is 12.5 Å². The van der Waals surface area contributed by atoms with Gasteiger partial charge in [-0.1, -0.05) is 6.07 Å². The fraction of sp³-hybridized carbons (Fsp3) is 0.450. The summed E-state index contributed by atoms with van der Waals surface area (Å²) in [5, 5.41) is 3.23. The van der Waals surface area contributed by atoms with Crippen molar-refractivity contribution in [3.05, 3.63) is 51.2 Å². The molecule has 1 fully saturated rings. The fourth-order valence-electron chi connectivity index (χ4n) is 3.33. The molecule has 3 rings (SSSR count). The number of benzene rings is 1. The number of aliphatic imine (C=N–C) groups is 1. The first-order valence-corrected chi connectivity index (χ1v) is 9.86. The second-order valence-corrected chi connectivity index (χ2v) is 8.16. The normalized spacial score (nSPS) is 17.3. The molecule has 0 aliphatic carbocycles. The molecule has 26 heavy (non-hydrogen) atoms. The van der Waals surface area contributed by atoms with Crippen LogP contribution in [0.5, 0.6) is 0 Å². The summed E-state index contributed by atoms with van der Waals surface area (Å²) in [7, 11) is 0. The van der Waals surface area contributed by atoms with Crippen molar-refractivity contribution in [1.29, 1.82) is 0 Å². The van der Waals surface area contributed by atoms with Crippen LogP contribution >= 0.6 is 11.3 Å². The Morgan fingerprint density at radius 2 is 1.88 bits per heavy atom. The van der Waals surface area contributed by atoms with Crippen molar-refractivity contribution in [2.75, 3.05) is 38.2 Å². The summed E-state index contributed by atoms with van der Waals surface area (Å²) in [5.74, 6) is 0.460. The number of aryl methyl sites for hydroxylation is 3. The molecule has 0 radical (unpaired) electrons. The lowest BCUT2D eigenvalue weighted by Crippen LogP contribution is -2.40. The van der Waals surface area contributed by atoms with Crippen molar-refractivity contribution in [3.63, 3.8) is 0 Å². The van der Waals surface area contributed by atoms with E-state index in [1.807, 2.05) is 11.3 Å². The van der Waals surface area contributed by atoms with E-state index in [0.717, 1.165) is 32.0 Å². The Labute approximate surface area is 159 Å². The van der Waals surface area contributed by atoms with Crippen molar-refractivity contribution in [2.45, 2.75) is 26.8 Å². The maximum absolute atomic E-state index is 6.17. The molecule has 0 amide bonds. The highest BCUT2D eigenvalue weighted by molar-refractivity contribution is 7.12. The highest BCUT2D eigenvalue weighted by atomic mass is 32.1. The zero-order chi connectivity index (χ0) is 18.5. The Morgan fingerprint density at radius 3 is 2.50 bits per heavy atom. The van der Waals surface area contributed by atoms with Crippen molar-refractivity contribution in [3.8, 4) is 0 Å². The number of rotatable bonds is 5. The van der Waals surface area contributed by atoms with Crippen LogP contribution < -0.4 is 11.1 Å². The van der Waals surface area contributed by atoms with Crippen LogP contribution in [0.2, 0.25) is 0 Å². The highest BCUT2D eigenvalue weighted by Gasteiger charge is 2.23. The zero-order valence-corrected chi connectivity index (χ0v) is 16.6. The Morgan fingerprint density at radius 1 is 1.19 bits per heavy atom. The first-order valence-electron chi connectivity index (χ1n) is 9.04. The number of hydrogen-bond donors (Lipinski definition) is 2. The molecule has 6 heteroatoms. The number of nitrogens with one attached hydrogen (secondary N) is 1. The number of thiophene rings is 1. The second-order valence-electron chi connectivity index (χ2n) is 6.84. The first kappa shape index (κ1) is 18.9. The van der Waals surface area contributed by atoms with E-state index in [9.17, 15) is 0 Å². The number of nitrogens with zero attached hydrogens (tertiary/aromatic N) is 2. The maximum atomic E-state index is 6.17. The van der Waals surface area contributed by atoms with Gasteiger partial charge in [-0.3, -0.25) is 9.89 Å². The number of guanidine groups is 1. The number of nitrogens with two attached hydrogens (primary N) is 1. The molecular weight excluding hydrogens is 344 g/mol. The van der Waals surface area contributed by atoms with Gasteiger partial charge in [0.25, 0.3) is 0 Å². The summed E-state index contributed by atoms with van der Waals surface area (Å²) in [5.41, 5.74) is 9.57. The molecule has 1 saturated heterocycles. The van der Waals surface area contributed by atoms with E-state index in [2.05, 4.69) is 66.3 Å². The summed E-state index contributed by atoms with van der Waals surface area (Å²) < 4.78 is 5.51. The van der Waals surface area contributed by atoms with Gasteiger partial charge in [0.05, 0.1) is 25.8 Å². The molecule has 0 saturated carbocycles. The van der Waals surface area contributed by atoms with Gasteiger partial charge in [0.15, 0.2) is 5.96 Å². The van der Waals surface area contributed by atoms with Gasteiger partial charge in [-0.15, -0.1) is 11.3 Å². The van der Waals surface area contributed by atoms with Gasteiger partial charge in [0.1, 0.15) is 0 Å². The van der Waals surface area contributed by atoms with Crippen LogP contribution in [0.3, 0.4) is 0 Å². The van der Waals surface area contributed by atoms with Gasteiger partial charge in [-0.05, 0) is 56.2 Å². The molecule has 1 atom stereocenters. The van der Waals surface area contributed by atoms with Crippen LogP contribution in [0.4, 0.5) is 5.69 Å². The predicted octanol–water partition coefficient (Wildman–Crippen LogP) is 3.47. The second kappa shape index (κ2) is 8.66. The van der Waals surface area contributed by atoms with Crippen LogP contribution in [-0.4, -0.2) is 43.7 Å². The lowest BCUT2D eigenvalue weighted by Gasteiger charge is -2.33. The minimum atomic E-state index is 0.247. The molecule has 2 aromatic rings. The van der Waals surface area contributed by atoms with Crippen molar-refractivity contribution >= 4 is 23.0 Å². The van der Waals surface area contributed by atoms with E-state index in [4.69, 9.17) is 10.5 Å². The van der Waals surface area contributed by atoms with Crippen LogP contribution in [0.25, 0.3) is 0 Å². The van der Waals surface area contributed by atoms with E-state index in [1.165, 1.54) is 20.9 Å². The first-order chi connectivity index (χ1) is 12.5. The molecule has 1 aliphatic heterocycles. The van der Waals surface area contributed by atoms with Crippen LogP contribution in [0.15, 0.2) is 35.3 Å². The molecule has 140 valence electrons. The number of anilines is 1. The van der Waals surface area contributed by atoms with Gasteiger partial charge in [-0.25, -0.2) is 0 Å². The summed E-state index contributed by atoms with van der Waals surface area (Å²) in [6.07, 6.45) is 0. The Hall–Kier alpha value is -1.89. The topological polar surface area (TPSA) is 62.9 Å². The largest absolute Gasteiger partial charge is 0.379 e. The van der Waals surface area contributed by atoms with E-state index in [1.54, 1.807) is 0 Å². The molecule has 1 aromatic carbocycles. The summed E-state index contributed by atoms with van der Waals surface area (Å²) in [6, 6.07) is 10.9. The fourth-order valence-corrected chi connectivity index (χ4v) is 4.33. The molecule has 5 nitrogen and oxygen atoms in total. The number of morpholine rings is 1. The minimum absolute atomic E-state index is 0.247. The Kier molecular flexibility index (Phi) is 6.29. The minimum Gasteiger partial charge on any atom is -0.379 e. The summed E-state index contributed by atoms with van der Waals surface area (Å²) in [6.45, 7) is 10.4. The Balaban J connectivity index is 1.72. The van der Waals surface area contributed by atoms with Gasteiger partial charge in [0.2, 0.25) is 0 Å². The van der Waals surface area contributed by atoms with Crippen LogP contribution in [0, 0.1) is 20.8 Å². The van der Waals surface area contributed by atoms with Gasteiger partial charge in [0, 0.05) is 28.5 Å². The standard InChI is InChI=1S/C20H28N4OS/c1-14-10-15(2)12-17(11-14)23-20(21)22-13-18(19-5-4-16(3)26-19)24-6-8-25-9-7-24/h4-5,10-12,18H,6-9,13H2,1-3H3,(H3,21,22,23). The van der Waals surface area contributed by atoms with Gasteiger partial charge in [-0.2, -0.15) is 0 Å². The van der Waals surface area contributed by atoms with E-state index >= 15 is 0 Å². The van der Waals surface area contributed by atoms with Crippen LogP contribution in [-0.2, 0) is 4.74 Å². The lowest BCUT2D eigenvalue weighted by molar-refractivity contribution is 0.0187. The highest BCUT2D eigenvalue weighted by Crippen LogP contribution is 2.28. The molecule has 1 aliphatic rings. The third-order valence-corrected chi connectivity index (χ3v) is 5.61. The zero-order valence-electron chi connectivity index (χ0n) is 15.8. The van der Waals surface area contributed by atoms with E-state index in [-0.39, 0.29) is 6.04 Å². The molecule has 1 aromatic heterocycles. The quantitative estimate of drug-likeness (QED) is 0.623. The average Bonchev–Trinajstić information content (AvgIpc) is 3.01. The van der Waals surface area contributed by atoms with Crippen molar-refractivity contribution in [1.82, 2.24) is 4.90 Å². The van der Waals surface area contributed by atoms with Gasteiger partial charge >= 0.3 is 0 Å². The molecule has 0 bridgehead atoms. The third kappa shape index (κ3) is 5.06. The van der Waals surface area contributed by atoms with E-state index < -0.39 is 0 Å².